The van der Waals surface area contributed by atoms with E-state index in [-0.39, 0.29) is 0 Å². The van der Waals surface area contributed by atoms with Crippen LogP contribution in [0.5, 0.6) is 11.5 Å². The van der Waals surface area contributed by atoms with Gasteiger partial charge in [-0.05, 0) is 11.6 Å². The molecule has 0 fully saturated rings. The van der Waals surface area contributed by atoms with Gasteiger partial charge >= 0.3 is 0 Å². The van der Waals surface area contributed by atoms with Gasteiger partial charge in [0.25, 0.3) is 0 Å². The van der Waals surface area contributed by atoms with Crippen LogP contribution in [0.15, 0.2) is 36.4 Å². The molecule has 4 N–H and O–H groups in total. The molecule has 0 atom stereocenters. The lowest BCUT2D eigenvalue weighted by atomic mass is 10.0. The van der Waals surface area contributed by atoms with E-state index in [9.17, 15) is 0 Å². The first-order chi connectivity index (χ1) is 7.27. The molecule has 0 saturated carbocycles. The van der Waals surface area contributed by atoms with Crippen molar-refractivity contribution in [2.75, 3.05) is 11.5 Å². The van der Waals surface area contributed by atoms with Gasteiger partial charge in [-0.2, -0.15) is 0 Å². The minimum atomic E-state index is 0.546. The molecule has 74 valence electrons. The topological polar surface area (TPSA) is 64.6 Å². The fourth-order valence-electron chi connectivity index (χ4n) is 1.69. The predicted octanol–water partition coefficient (Wildman–Crippen LogP) is 2.62. The Balaban J connectivity index is 2.21. The van der Waals surface area contributed by atoms with Gasteiger partial charge < -0.3 is 16.2 Å². The van der Waals surface area contributed by atoms with Crippen LogP contribution in [-0.2, 0) is 0 Å². The van der Waals surface area contributed by atoms with E-state index in [1.54, 1.807) is 0 Å². The highest BCUT2D eigenvalue weighted by Crippen LogP contribution is 2.57. The Bertz CT molecular complexity index is 531. The summed E-state index contributed by atoms with van der Waals surface area (Å²) in [6, 6.07) is 11.8. The van der Waals surface area contributed by atoms with Crippen LogP contribution in [0.25, 0.3) is 11.1 Å². The quantitative estimate of drug-likeness (QED) is 0.466. The van der Waals surface area contributed by atoms with Crippen molar-refractivity contribution in [1.29, 1.82) is 0 Å². The Kier molecular flexibility index (Phi) is 1.45. The largest absolute Gasteiger partial charge is 0.446 e. The van der Waals surface area contributed by atoms with Gasteiger partial charge in [-0.25, -0.2) is 0 Å². The van der Waals surface area contributed by atoms with Gasteiger partial charge in [0.1, 0.15) is 5.69 Å². The van der Waals surface area contributed by atoms with Gasteiger partial charge in [-0.3, -0.25) is 0 Å². The van der Waals surface area contributed by atoms with Crippen LogP contribution < -0.4 is 16.2 Å². The number of rotatable bonds is 1. The van der Waals surface area contributed by atoms with Crippen LogP contribution in [-0.4, -0.2) is 0 Å². The molecule has 0 spiro atoms. The van der Waals surface area contributed by atoms with E-state index >= 15 is 0 Å². The van der Waals surface area contributed by atoms with E-state index in [2.05, 4.69) is 0 Å². The molecule has 1 heterocycles. The highest BCUT2D eigenvalue weighted by Gasteiger charge is 2.30. The van der Waals surface area contributed by atoms with E-state index in [0.717, 1.165) is 22.6 Å². The lowest BCUT2D eigenvalue weighted by Gasteiger charge is -2.00. The summed E-state index contributed by atoms with van der Waals surface area (Å²) in [5, 5.41) is 0. The maximum absolute atomic E-state index is 5.79. The summed E-state index contributed by atoms with van der Waals surface area (Å²) in [7, 11) is 0. The maximum atomic E-state index is 5.79. The fourth-order valence-corrected chi connectivity index (χ4v) is 1.69. The molecular formula is C12H10N2O. The van der Waals surface area contributed by atoms with Crippen molar-refractivity contribution in [1.82, 2.24) is 0 Å². The normalized spacial score (nSPS) is 11.7. The minimum Gasteiger partial charge on any atom is -0.446 e. The smallest absolute Gasteiger partial charge is 0.195 e. The zero-order valence-electron chi connectivity index (χ0n) is 8.03. The summed E-state index contributed by atoms with van der Waals surface area (Å²) >= 11 is 0. The molecule has 1 aliphatic rings. The number of nitrogen functional groups attached to an aromatic ring is 2. The van der Waals surface area contributed by atoms with Crippen molar-refractivity contribution in [2.45, 2.75) is 0 Å². The van der Waals surface area contributed by atoms with Crippen LogP contribution in [0.3, 0.4) is 0 Å². The molecule has 0 aliphatic carbocycles. The second-order valence-electron chi connectivity index (χ2n) is 3.55. The van der Waals surface area contributed by atoms with Crippen LogP contribution >= 0.6 is 0 Å². The van der Waals surface area contributed by atoms with Crippen molar-refractivity contribution in [2.24, 2.45) is 0 Å². The monoisotopic (exact) mass is 198 g/mol. The third-order valence-electron chi connectivity index (χ3n) is 2.55. The Labute approximate surface area is 87.3 Å². The van der Waals surface area contributed by atoms with Gasteiger partial charge in [0.15, 0.2) is 11.5 Å². The number of hydrogen-bond acceptors (Lipinski definition) is 3. The lowest BCUT2D eigenvalue weighted by Crippen LogP contribution is -1.91. The Hall–Kier alpha value is -2.16. The zero-order chi connectivity index (χ0) is 10.4. The lowest BCUT2D eigenvalue weighted by molar-refractivity contribution is 0.652. The Morgan fingerprint density at radius 3 is 2.40 bits per heavy atom. The minimum absolute atomic E-state index is 0.546. The summed E-state index contributed by atoms with van der Waals surface area (Å²) in [5.41, 5.74) is 14.7. The van der Waals surface area contributed by atoms with Crippen LogP contribution in [0.4, 0.5) is 11.4 Å². The van der Waals surface area contributed by atoms with Gasteiger partial charge in [0.05, 0.1) is 5.69 Å². The number of anilines is 2. The SMILES string of the molecule is Nc1cc(-c2ccccc2)c2c(c1N)O2. The zero-order valence-corrected chi connectivity index (χ0v) is 8.03. The number of ether oxygens (including phenoxy) is 1. The molecule has 15 heavy (non-hydrogen) atoms. The van der Waals surface area contributed by atoms with Crippen LogP contribution in [0.1, 0.15) is 0 Å². The molecule has 0 unspecified atom stereocenters. The molecule has 0 bridgehead atoms. The van der Waals surface area contributed by atoms with Crippen molar-refractivity contribution in [3.05, 3.63) is 36.4 Å². The molecule has 3 heteroatoms. The van der Waals surface area contributed by atoms with Crippen molar-refractivity contribution < 1.29 is 4.74 Å². The second-order valence-corrected chi connectivity index (χ2v) is 3.55. The molecule has 0 saturated heterocycles. The van der Waals surface area contributed by atoms with Crippen molar-refractivity contribution in [3.8, 4) is 22.6 Å². The highest BCUT2D eigenvalue weighted by molar-refractivity contribution is 5.92. The summed E-state index contributed by atoms with van der Waals surface area (Å²) in [6.45, 7) is 0. The first-order valence-electron chi connectivity index (χ1n) is 4.72. The molecule has 3 rings (SSSR count). The first-order valence-corrected chi connectivity index (χ1v) is 4.72. The molecule has 0 aromatic heterocycles. The molecule has 1 aliphatic heterocycles. The highest BCUT2D eigenvalue weighted by atomic mass is 16.6. The second kappa shape index (κ2) is 2.67. The number of nitrogens with two attached hydrogens (primary N) is 2. The summed E-state index contributed by atoms with van der Waals surface area (Å²) < 4.78 is 5.33. The predicted molar refractivity (Wildman–Crippen MR) is 60.8 cm³/mol. The standard InChI is InChI=1S/C12H10N2O/c13-9-6-8(7-4-2-1-3-5-7)11-12(15-11)10(9)14/h1-6H,13-14H2. The van der Waals surface area contributed by atoms with Crippen molar-refractivity contribution in [3.63, 3.8) is 0 Å². The molecule has 0 amide bonds. The maximum Gasteiger partial charge on any atom is 0.195 e. The van der Waals surface area contributed by atoms with Crippen LogP contribution in [0, 0.1) is 0 Å². The third-order valence-corrected chi connectivity index (χ3v) is 2.55. The van der Waals surface area contributed by atoms with E-state index in [0.29, 0.717) is 11.4 Å². The summed E-state index contributed by atoms with van der Waals surface area (Å²) in [5.74, 6) is 1.58. The number of fused-ring (bicyclic) bond motifs is 1. The molecule has 2 aromatic rings. The van der Waals surface area contributed by atoms with E-state index in [1.807, 2.05) is 36.4 Å². The Morgan fingerprint density at radius 2 is 1.67 bits per heavy atom. The van der Waals surface area contributed by atoms with Crippen LogP contribution in [0.2, 0.25) is 0 Å². The molecule has 3 nitrogen and oxygen atoms in total. The molecular weight excluding hydrogens is 188 g/mol. The first kappa shape index (κ1) is 8.17. The van der Waals surface area contributed by atoms with Gasteiger partial charge in [-0.1, -0.05) is 30.3 Å². The van der Waals surface area contributed by atoms with E-state index in [1.165, 1.54) is 0 Å². The van der Waals surface area contributed by atoms with Gasteiger partial charge in [0.2, 0.25) is 0 Å². The Morgan fingerprint density at radius 1 is 0.933 bits per heavy atom. The van der Waals surface area contributed by atoms with E-state index < -0.39 is 0 Å². The van der Waals surface area contributed by atoms with Crippen molar-refractivity contribution >= 4 is 11.4 Å². The third kappa shape index (κ3) is 1.13. The van der Waals surface area contributed by atoms with Gasteiger partial charge in [-0.15, -0.1) is 0 Å². The number of benzene rings is 2. The van der Waals surface area contributed by atoms with E-state index in [4.69, 9.17) is 16.2 Å². The summed E-state index contributed by atoms with van der Waals surface area (Å²) in [4.78, 5) is 0. The average molecular weight is 198 g/mol. The van der Waals surface area contributed by atoms with Gasteiger partial charge in [0, 0.05) is 5.56 Å². The molecule has 2 aromatic carbocycles. The summed E-state index contributed by atoms with van der Waals surface area (Å²) in [6.07, 6.45) is 0. The number of hydrogen-bond donors (Lipinski definition) is 2. The average Bonchev–Trinajstić information content (AvgIpc) is 3.05. The molecule has 0 radical (unpaired) electrons. The fraction of sp³-hybridized carbons (Fsp3) is 0.